The lowest BCUT2D eigenvalue weighted by molar-refractivity contribution is 0.0436. The Morgan fingerprint density at radius 1 is 1.29 bits per heavy atom. The zero-order valence-electron chi connectivity index (χ0n) is 12.3. The molecule has 0 heterocycles. The zero-order chi connectivity index (χ0) is 16.3. The van der Waals surface area contributed by atoms with E-state index in [4.69, 9.17) is 5.11 Å². The first-order valence-corrected chi connectivity index (χ1v) is 8.07. The number of carboxylic acid groups (broad SMARTS) is 1. The van der Waals surface area contributed by atoms with Crippen LogP contribution in [0.3, 0.4) is 0 Å². The van der Waals surface area contributed by atoms with E-state index in [2.05, 4.69) is 4.72 Å². The van der Waals surface area contributed by atoms with Gasteiger partial charge in [0.1, 0.15) is 0 Å². The Labute approximate surface area is 124 Å². The van der Waals surface area contributed by atoms with Gasteiger partial charge in [0.05, 0.1) is 16.1 Å². The quantitative estimate of drug-likeness (QED) is 0.706. The summed E-state index contributed by atoms with van der Waals surface area (Å²) in [6.07, 6.45) is 0.466. The molecule has 1 aromatic carbocycles. The minimum Gasteiger partial charge on any atom is -0.478 e. The Balaban J connectivity index is 2.80. The van der Waals surface area contributed by atoms with Crippen molar-refractivity contribution in [3.05, 3.63) is 29.8 Å². The molecule has 21 heavy (non-hydrogen) atoms. The lowest BCUT2D eigenvalue weighted by Crippen LogP contribution is -2.41. The molecule has 118 valence electrons. The van der Waals surface area contributed by atoms with Crippen LogP contribution >= 0.6 is 0 Å². The number of aliphatic hydroxyl groups is 1. The summed E-state index contributed by atoms with van der Waals surface area (Å²) in [6, 6.07) is 4.90. The summed E-state index contributed by atoms with van der Waals surface area (Å²) in [6.45, 7) is 5.35. The standard InChI is InChI=1S/C14H21NO5S/c1-10(2)8-14(3,18)9-15-21(19,20)12-6-4-11(5-7-12)13(16)17/h4-7,10,15,18H,8-9H2,1-3H3,(H,16,17). The summed E-state index contributed by atoms with van der Waals surface area (Å²) >= 11 is 0. The highest BCUT2D eigenvalue weighted by molar-refractivity contribution is 7.89. The number of nitrogens with one attached hydrogen (secondary N) is 1. The van der Waals surface area contributed by atoms with E-state index in [1.807, 2.05) is 13.8 Å². The molecule has 0 bridgehead atoms. The van der Waals surface area contributed by atoms with Crippen molar-refractivity contribution in [2.45, 2.75) is 37.7 Å². The molecule has 1 unspecified atom stereocenters. The summed E-state index contributed by atoms with van der Waals surface area (Å²) in [5, 5.41) is 18.9. The van der Waals surface area contributed by atoms with Gasteiger partial charge in [0.25, 0.3) is 0 Å². The number of hydrogen-bond donors (Lipinski definition) is 3. The van der Waals surface area contributed by atoms with Crippen molar-refractivity contribution in [1.82, 2.24) is 4.72 Å². The zero-order valence-corrected chi connectivity index (χ0v) is 13.1. The first kappa shape index (κ1) is 17.6. The molecule has 1 rings (SSSR count). The molecule has 0 aliphatic heterocycles. The molecule has 7 heteroatoms. The van der Waals surface area contributed by atoms with Gasteiger partial charge < -0.3 is 10.2 Å². The Morgan fingerprint density at radius 3 is 2.24 bits per heavy atom. The van der Waals surface area contributed by atoms with Gasteiger partial charge in [-0.05, 0) is 43.5 Å². The number of hydrogen-bond acceptors (Lipinski definition) is 4. The molecular weight excluding hydrogens is 294 g/mol. The maximum absolute atomic E-state index is 12.1. The lowest BCUT2D eigenvalue weighted by atomic mass is 9.95. The van der Waals surface area contributed by atoms with Crippen LogP contribution < -0.4 is 4.72 Å². The molecule has 1 aromatic rings. The van der Waals surface area contributed by atoms with Crippen molar-refractivity contribution in [2.75, 3.05) is 6.54 Å². The molecule has 0 radical (unpaired) electrons. The molecule has 6 nitrogen and oxygen atoms in total. The van der Waals surface area contributed by atoms with E-state index in [0.717, 1.165) is 0 Å². The van der Waals surface area contributed by atoms with E-state index in [0.29, 0.717) is 6.42 Å². The van der Waals surface area contributed by atoms with Gasteiger partial charge >= 0.3 is 5.97 Å². The van der Waals surface area contributed by atoms with Gasteiger partial charge in [-0.2, -0.15) is 0 Å². The van der Waals surface area contributed by atoms with Crippen LogP contribution in [0.25, 0.3) is 0 Å². The van der Waals surface area contributed by atoms with Gasteiger partial charge in [-0.3, -0.25) is 0 Å². The minimum absolute atomic E-state index is 0.0146. The molecule has 0 fully saturated rings. The first-order valence-electron chi connectivity index (χ1n) is 6.59. The number of aromatic carboxylic acids is 1. The predicted molar refractivity (Wildman–Crippen MR) is 78.7 cm³/mol. The number of sulfonamides is 1. The van der Waals surface area contributed by atoms with Crippen LogP contribution in [0.4, 0.5) is 0 Å². The molecule has 0 saturated carbocycles. The normalized spacial score (nSPS) is 14.9. The average Bonchev–Trinajstić information content (AvgIpc) is 2.35. The minimum atomic E-state index is -3.77. The molecule has 3 N–H and O–H groups in total. The topological polar surface area (TPSA) is 104 Å². The van der Waals surface area contributed by atoms with Crippen molar-refractivity contribution in [1.29, 1.82) is 0 Å². The second kappa shape index (κ2) is 6.55. The van der Waals surface area contributed by atoms with E-state index in [1.54, 1.807) is 6.92 Å². The molecule has 0 aliphatic carbocycles. The summed E-state index contributed by atoms with van der Waals surface area (Å²) in [7, 11) is -3.77. The number of carbonyl (C=O) groups is 1. The first-order chi connectivity index (χ1) is 9.53. The van der Waals surface area contributed by atoms with Gasteiger partial charge in [0.15, 0.2) is 0 Å². The van der Waals surface area contributed by atoms with Gasteiger partial charge in [0.2, 0.25) is 10.0 Å². The lowest BCUT2D eigenvalue weighted by Gasteiger charge is -2.25. The molecule has 0 spiro atoms. The predicted octanol–water partition coefficient (Wildman–Crippen LogP) is 1.46. The Bertz CT molecular complexity index is 590. The molecular formula is C14H21NO5S. The van der Waals surface area contributed by atoms with E-state index in [-0.39, 0.29) is 22.9 Å². The molecule has 0 aliphatic rings. The fourth-order valence-corrected chi connectivity index (χ4v) is 3.22. The summed E-state index contributed by atoms with van der Waals surface area (Å²) < 4.78 is 26.5. The van der Waals surface area contributed by atoms with E-state index in [1.165, 1.54) is 24.3 Å². The third-order valence-electron chi connectivity index (χ3n) is 2.90. The SMILES string of the molecule is CC(C)CC(C)(O)CNS(=O)(=O)c1ccc(C(=O)O)cc1. The van der Waals surface area contributed by atoms with E-state index in [9.17, 15) is 18.3 Å². The number of rotatable bonds is 7. The van der Waals surface area contributed by atoms with Crippen LogP contribution in [-0.4, -0.2) is 36.7 Å². The largest absolute Gasteiger partial charge is 0.478 e. The van der Waals surface area contributed by atoms with Crippen LogP contribution in [0.15, 0.2) is 29.2 Å². The van der Waals surface area contributed by atoms with Crippen molar-refractivity contribution >= 4 is 16.0 Å². The molecule has 0 amide bonds. The van der Waals surface area contributed by atoms with Crippen LogP contribution in [0.5, 0.6) is 0 Å². The maximum atomic E-state index is 12.1. The van der Waals surface area contributed by atoms with Crippen LogP contribution in [0.2, 0.25) is 0 Å². The summed E-state index contributed by atoms with van der Waals surface area (Å²) in [4.78, 5) is 10.7. The monoisotopic (exact) mass is 315 g/mol. The second-order valence-corrected chi connectivity index (χ2v) is 7.52. The number of benzene rings is 1. The van der Waals surface area contributed by atoms with Crippen molar-refractivity contribution in [3.63, 3.8) is 0 Å². The second-order valence-electron chi connectivity index (χ2n) is 5.75. The molecule has 1 atom stereocenters. The highest BCUT2D eigenvalue weighted by Crippen LogP contribution is 2.17. The fourth-order valence-electron chi connectivity index (χ4n) is 2.06. The van der Waals surface area contributed by atoms with Gasteiger partial charge in [-0.1, -0.05) is 13.8 Å². The highest BCUT2D eigenvalue weighted by atomic mass is 32.2. The van der Waals surface area contributed by atoms with Crippen molar-refractivity contribution in [3.8, 4) is 0 Å². The van der Waals surface area contributed by atoms with Gasteiger partial charge in [-0.15, -0.1) is 0 Å². The Morgan fingerprint density at radius 2 is 1.81 bits per heavy atom. The number of carboxylic acids is 1. The Hall–Kier alpha value is -1.44. The fraction of sp³-hybridized carbons (Fsp3) is 0.500. The van der Waals surface area contributed by atoms with Crippen LogP contribution in [0, 0.1) is 5.92 Å². The maximum Gasteiger partial charge on any atom is 0.335 e. The summed E-state index contributed by atoms with van der Waals surface area (Å²) in [5.74, 6) is -0.883. The molecule has 0 saturated heterocycles. The van der Waals surface area contributed by atoms with Crippen molar-refractivity contribution < 1.29 is 23.4 Å². The van der Waals surface area contributed by atoms with Crippen molar-refractivity contribution in [2.24, 2.45) is 5.92 Å². The molecule has 0 aromatic heterocycles. The smallest absolute Gasteiger partial charge is 0.335 e. The van der Waals surface area contributed by atoms with Crippen LogP contribution in [0.1, 0.15) is 37.6 Å². The summed E-state index contributed by atoms with van der Waals surface area (Å²) in [5.41, 5.74) is -1.12. The van der Waals surface area contributed by atoms with E-state index < -0.39 is 21.6 Å². The van der Waals surface area contributed by atoms with Gasteiger partial charge in [0, 0.05) is 6.54 Å². The third-order valence-corrected chi connectivity index (χ3v) is 4.32. The van der Waals surface area contributed by atoms with E-state index >= 15 is 0 Å². The highest BCUT2D eigenvalue weighted by Gasteiger charge is 2.25. The third kappa shape index (κ3) is 5.45. The Kier molecular flexibility index (Phi) is 5.49. The van der Waals surface area contributed by atoms with Crippen LogP contribution in [-0.2, 0) is 10.0 Å². The average molecular weight is 315 g/mol. The van der Waals surface area contributed by atoms with Gasteiger partial charge in [-0.25, -0.2) is 17.9 Å².